The maximum atomic E-state index is 12.4. The minimum absolute atomic E-state index is 0.0550. The summed E-state index contributed by atoms with van der Waals surface area (Å²) in [5, 5.41) is 8.40. The summed E-state index contributed by atoms with van der Waals surface area (Å²) >= 11 is 3.41. The van der Waals surface area contributed by atoms with Gasteiger partial charge in [-0.15, -0.1) is 0 Å². The highest BCUT2D eigenvalue weighted by Gasteiger charge is 2.46. The first-order valence-corrected chi connectivity index (χ1v) is 7.72. The molecule has 1 aromatic carbocycles. The second kappa shape index (κ2) is 5.26. The van der Waals surface area contributed by atoms with Crippen molar-refractivity contribution in [3.05, 3.63) is 34.3 Å². The highest BCUT2D eigenvalue weighted by atomic mass is 79.9. The number of benzene rings is 1. The summed E-state index contributed by atoms with van der Waals surface area (Å²) in [7, 11) is 1.58. The monoisotopic (exact) mass is 349 g/mol. The van der Waals surface area contributed by atoms with Crippen LogP contribution in [0.5, 0.6) is 0 Å². The van der Waals surface area contributed by atoms with E-state index < -0.39 is 0 Å². The summed E-state index contributed by atoms with van der Waals surface area (Å²) in [6, 6.07) is 8.00. The second-order valence-corrected chi connectivity index (χ2v) is 6.42. The van der Waals surface area contributed by atoms with Crippen LogP contribution >= 0.6 is 15.9 Å². The van der Waals surface area contributed by atoms with E-state index in [0.29, 0.717) is 18.6 Å². The van der Waals surface area contributed by atoms with Crippen molar-refractivity contribution >= 4 is 33.5 Å². The van der Waals surface area contributed by atoms with E-state index in [9.17, 15) is 9.59 Å². The number of hydrazone groups is 1. The van der Waals surface area contributed by atoms with Gasteiger partial charge in [-0.05, 0) is 30.5 Å². The molecule has 0 atom stereocenters. The fourth-order valence-electron chi connectivity index (χ4n) is 2.50. The lowest BCUT2D eigenvalue weighted by atomic mass is 10.0. The first kappa shape index (κ1) is 14.3. The zero-order chi connectivity index (χ0) is 15.0. The minimum Gasteiger partial charge on any atom is -0.341 e. The van der Waals surface area contributed by atoms with Gasteiger partial charge in [0.2, 0.25) is 5.91 Å². The number of carbonyl (C=O) groups excluding carboxylic acids is 2. The Morgan fingerprint density at radius 2 is 1.95 bits per heavy atom. The summed E-state index contributed by atoms with van der Waals surface area (Å²) in [4.78, 5) is 23.8. The highest BCUT2D eigenvalue weighted by molar-refractivity contribution is 9.10. The Balaban J connectivity index is 1.74. The van der Waals surface area contributed by atoms with Crippen LogP contribution in [0.15, 0.2) is 33.8 Å². The van der Waals surface area contributed by atoms with Crippen LogP contribution in [-0.4, -0.2) is 29.6 Å². The second-order valence-electron chi connectivity index (χ2n) is 5.51. The Morgan fingerprint density at radius 1 is 1.29 bits per heavy atom. The molecule has 0 radical (unpaired) electrons. The molecule has 110 valence electrons. The molecule has 5 nitrogen and oxygen atoms in total. The molecule has 0 bridgehead atoms. The van der Waals surface area contributed by atoms with E-state index >= 15 is 0 Å². The molecule has 0 unspecified atom stereocenters. The first-order valence-electron chi connectivity index (χ1n) is 6.93. The smallest absolute Gasteiger partial charge is 0.268 e. The number of hydrogen-bond acceptors (Lipinski definition) is 3. The van der Waals surface area contributed by atoms with E-state index in [1.54, 1.807) is 7.05 Å². The molecular formula is C15H16BrN3O2. The van der Waals surface area contributed by atoms with Gasteiger partial charge in [0.1, 0.15) is 5.71 Å². The van der Waals surface area contributed by atoms with Crippen LogP contribution in [0.1, 0.15) is 31.2 Å². The van der Waals surface area contributed by atoms with Gasteiger partial charge in [0.25, 0.3) is 5.91 Å². The molecule has 1 saturated carbocycles. The first-order chi connectivity index (χ1) is 10.00. The largest absolute Gasteiger partial charge is 0.341 e. The molecule has 21 heavy (non-hydrogen) atoms. The molecule has 1 fully saturated rings. The summed E-state index contributed by atoms with van der Waals surface area (Å²) in [6.45, 7) is 0. The SMILES string of the molecule is CN1N=C(C(=O)NC2(c3ccc(Br)cc3)CC2)CCC1=O. The van der Waals surface area contributed by atoms with Gasteiger partial charge < -0.3 is 5.32 Å². The molecule has 1 heterocycles. The summed E-state index contributed by atoms with van der Waals surface area (Å²) in [5.41, 5.74) is 1.28. The predicted molar refractivity (Wildman–Crippen MR) is 82.6 cm³/mol. The summed E-state index contributed by atoms with van der Waals surface area (Å²) < 4.78 is 1.02. The lowest BCUT2D eigenvalue weighted by molar-refractivity contribution is -0.130. The van der Waals surface area contributed by atoms with Gasteiger partial charge in [0, 0.05) is 24.4 Å². The average molecular weight is 350 g/mol. The zero-order valence-corrected chi connectivity index (χ0v) is 13.3. The number of amides is 2. The fraction of sp³-hybridized carbons (Fsp3) is 0.400. The number of hydrogen-bond donors (Lipinski definition) is 1. The van der Waals surface area contributed by atoms with E-state index in [4.69, 9.17) is 0 Å². The molecule has 0 aromatic heterocycles. The normalized spacial score (nSPS) is 20.0. The van der Waals surface area contributed by atoms with Gasteiger partial charge in [-0.2, -0.15) is 5.10 Å². The third-order valence-electron chi connectivity index (χ3n) is 3.97. The van der Waals surface area contributed by atoms with Crippen LogP contribution in [0.4, 0.5) is 0 Å². The van der Waals surface area contributed by atoms with E-state index in [1.807, 2.05) is 24.3 Å². The van der Waals surface area contributed by atoms with Crippen molar-refractivity contribution in [3.8, 4) is 0 Å². The molecule has 1 aliphatic carbocycles. The van der Waals surface area contributed by atoms with Crippen LogP contribution in [-0.2, 0) is 15.1 Å². The van der Waals surface area contributed by atoms with Crippen molar-refractivity contribution < 1.29 is 9.59 Å². The molecule has 0 spiro atoms. The molecule has 1 aromatic rings. The van der Waals surface area contributed by atoms with Gasteiger partial charge in [-0.25, -0.2) is 5.01 Å². The Bertz CT molecular complexity index is 620. The van der Waals surface area contributed by atoms with Crippen molar-refractivity contribution in [1.29, 1.82) is 0 Å². The third-order valence-corrected chi connectivity index (χ3v) is 4.50. The molecule has 0 saturated heterocycles. The topological polar surface area (TPSA) is 61.8 Å². The molecule has 3 rings (SSSR count). The zero-order valence-electron chi connectivity index (χ0n) is 11.7. The summed E-state index contributed by atoms with van der Waals surface area (Å²) in [6.07, 6.45) is 2.62. The average Bonchev–Trinajstić information content (AvgIpc) is 3.23. The lowest BCUT2D eigenvalue weighted by Gasteiger charge is -2.22. The van der Waals surface area contributed by atoms with Crippen molar-refractivity contribution in [2.75, 3.05) is 7.05 Å². The standard InChI is InChI=1S/C15H16BrN3O2/c1-19-13(20)7-6-12(18-19)14(21)17-15(8-9-15)10-2-4-11(16)5-3-10/h2-5H,6-9H2,1H3,(H,17,21). The van der Waals surface area contributed by atoms with E-state index in [-0.39, 0.29) is 17.4 Å². The maximum Gasteiger partial charge on any atom is 0.268 e. The Hall–Kier alpha value is -1.69. The maximum absolute atomic E-state index is 12.4. The van der Waals surface area contributed by atoms with E-state index in [2.05, 4.69) is 26.3 Å². The lowest BCUT2D eigenvalue weighted by Crippen LogP contribution is -2.42. The van der Waals surface area contributed by atoms with Crippen molar-refractivity contribution in [1.82, 2.24) is 10.3 Å². The Kier molecular flexibility index (Phi) is 3.57. The number of nitrogens with one attached hydrogen (secondary N) is 1. The van der Waals surface area contributed by atoms with Crippen LogP contribution in [0.25, 0.3) is 0 Å². The van der Waals surface area contributed by atoms with Crippen LogP contribution < -0.4 is 5.32 Å². The third kappa shape index (κ3) is 2.85. The molecule has 1 N–H and O–H groups in total. The van der Waals surface area contributed by atoms with E-state index in [0.717, 1.165) is 22.9 Å². The molecule has 6 heteroatoms. The molecule has 2 aliphatic rings. The molecule has 2 amide bonds. The number of rotatable bonds is 3. The van der Waals surface area contributed by atoms with Gasteiger partial charge in [0.05, 0.1) is 5.54 Å². The van der Waals surface area contributed by atoms with Gasteiger partial charge in [-0.1, -0.05) is 28.1 Å². The van der Waals surface area contributed by atoms with Crippen LogP contribution in [0, 0.1) is 0 Å². The van der Waals surface area contributed by atoms with Crippen molar-refractivity contribution in [2.45, 2.75) is 31.2 Å². The van der Waals surface area contributed by atoms with Crippen LogP contribution in [0.2, 0.25) is 0 Å². The number of halogens is 1. The van der Waals surface area contributed by atoms with Crippen molar-refractivity contribution in [2.24, 2.45) is 5.10 Å². The van der Waals surface area contributed by atoms with Crippen molar-refractivity contribution in [3.63, 3.8) is 0 Å². The fourth-order valence-corrected chi connectivity index (χ4v) is 2.77. The molecular weight excluding hydrogens is 334 g/mol. The summed E-state index contributed by atoms with van der Waals surface area (Å²) in [5.74, 6) is -0.227. The number of nitrogens with zero attached hydrogens (tertiary/aromatic N) is 2. The molecule has 1 aliphatic heterocycles. The Morgan fingerprint density at radius 3 is 2.52 bits per heavy atom. The minimum atomic E-state index is -0.264. The van der Waals surface area contributed by atoms with E-state index in [1.165, 1.54) is 5.01 Å². The van der Waals surface area contributed by atoms with Gasteiger partial charge in [-0.3, -0.25) is 9.59 Å². The highest BCUT2D eigenvalue weighted by Crippen LogP contribution is 2.45. The number of carbonyl (C=O) groups is 2. The van der Waals surface area contributed by atoms with Crippen LogP contribution in [0.3, 0.4) is 0 Å². The van der Waals surface area contributed by atoms with Gasteiger partial charge in [0.15, 0.2) is 0 Å². The quantitative estimate of drug-likeness (QED) is 0.908. The van der Waals surface area contributed by atoms with Gasteiger partial charge >= 0.3 is 0 Å². The predicted octanol–water partition coefficient (Wildman–Crippen LogP) is 2.16. The Labute approximate surface area is 131 Å².